The molecule has 36 heavy (non-hydrogen) atoms. The van der Waals surface area contributed by atoms with Gasteiger partial charge in [-0.25, -0.2) is 15.0 Å². The molecule has 0 atom stereocenters. The Bertz CT molecular complexity index is 1400. The minimum Gasteiger partial charge on any atom is -0.508 e. The number of aromatic nitrogens is 5. The number of nitrogens with zero attached hydrogens (tertiary/aromatic N) is 6. The lowest BCUT2D eigenvalue weighted by atomic mass is 10.0. The van der Waals surface area contributed by atoms with Crippen molar-refractivity contribution in [2.24, 2.45) is 0 Å². The smallest absolute Gasteiger partial charge is 0.254 e. The van der Waals surface area contributed by atoms with Gasteiger partial charge in [-0.1, -0.05) is 0 Å². The molecule has 3 N–H and O–H groups in total. The van der Waals surface area contributed by atoms with E-state index in [4.69, 9.17) is 9.97 Å². The summed E-state index contributed by atoms with van der Waals surface area (Å²) in [4.78, 5) is 29.2. The topological polar surface area (TPSA) is 121 Å². The molecule has 1 amide bonds. The number of fused-ring (bicyclic) bond motifs is 1. The van der Waals surface area contributed by atoms with E-state index in [2.05, 4.69) is 20.7 Å². The summed E-state index contributed by atoms with van der Waals surface area (Å²) in [6, 6.07) is 6.55. The molecule has 0 radical (unpaired) electrons. The number of aryl methyl sites for hydroxylation is 2. The number of likely N-dealkylation sites (N-methyl/N-ethyl adjacent to an activating group) is 1. The van der Waals surface area contributed by atoms with E-state index in [1.54, 1.807) is 48.6 Å². The van der Waals surface area contributed by atoms with Crippen LogP contribution in [0.2, 0.25) is 0 Å². The molecule has 4 aromatic rings. The van der Waals surface area contributed by atoms with Gasteiger partial charge in [0, 0.05) is 49.9 Å². The van der Waals surface area contributed by atoms with Crippen LogP contribution in [0.4, 0.5) is 5.82 Å². The largest absolute Gasteiger partial charge is 0.508 e. The molecule has 3 heterocycles. The first kappa shape index (κ1) is 25.1. The first-order valence-electron chi connectivity index (χ1n) is 11.9. The summed E-state index contributed by atoms with van der Waals surface area (Å²) in [6.45, 7) is 8.63. The summed E-state index contributed by atoms with van der Waals surface area (Å²) in [5, 5.41) is 21.4. The van der Waals surface area contributed by atoms with E-state index in [1.807, 2.05) is 32.5 Å². The van der Waals surface area contributed by atoms with E-state index in [1.165, 1.54) is 0 Å². The number of anilines is 1. The van der Waals surface area contributed by atoms with Crippen molar-refractivity contribution in [3.05, 3.63) is 59.2 Å². The zero-order valence-electron chi connectivity index (χ0n) is 21.3. The molecule has 10 heteroatoms. The van der Waals surface area contributed by atoms with Crippen molar-refractivity contribution in [2.75, 3.05) is 32.5 Å². The van der Waals surface area contributed by atoms with Gasteiger partial charge in [-0.2, -0.15) is 5.10 Å². The number of nitrogens with one attached hydrogen (secondary N) is 2. The number of hydrogen-bond donors (Lipinski definition) is 3. The Morgan fingerprint density at radius 2 is 1.92 bits per heavy atom. The number of carbonyl (C=O) groups is 1. The number of phenolic OH excluding ortho intramolecular Hbond substituents is 1. The molecule has 10 nitrogen and oxygen atoms in total. The second-order valence-electron chi connectivity index (χ2n) is 8.71. The highest BCUT2D eigenvalue weighted by Crippen LogP contribution is 2.28. The van der Waals surface area contributed by atoms with Gasteiger partial charge in [-0.3, -0.25) is 9.48 Å². The highest BCUT2D eigenvalue weighted by Gasteiger charge is 2.20. The van der Waals surface area contributed by atoms with Gasteiger partial charge < -0.3 is 20.6 Å². The first-order chi connectivity index (χ1) is 17.3. The molecule has 0 aliphatic heterocycles. The van der Waals surface area contributed by atoms with Crippen LogP contribution in [0.3, 0.4) is 0 Å². The summed E-state index contributed by atoms with van der Waals surface area (Å²) in [7, 11) is 3.65. The Kier molecular flexibility index (Phi) is 7.44. The minimum absolute atomic E-state index is 0.0708. The van der Waals surface area contributed by atoms with Crippen LogP contribution in [0, 0.1) is 13.8 Å². The molecule has 0 spiro atoms. The van der Waals surface area contributed by atoms with Crippen molar-refractivity contribution >= 4 is 22.6 Å². The van der Waals surface area contributed by atoms with Gasteiger partial charge in [0.15, 0.2) is 0 Å². The van der Waals surface area contributed by atoms with Gasteiger partial charge in [0.1, 0.15) is 17.3 Å². The van der Waals surface area contributed by atoms with Crippen molar-refractivity contribution in [3.8, 4) is 17.1 Å². The van der Waals surface area contributed by atoms with Crippen molar-refractivity contribution in [1.82, 2.24) is 34.9 Å². The standard InChI is InChI=1S/C26H32N8O2/c1-6-34-17(3)18(13-30-34)15-33(5)26(36)21-12-23(32-22-8-7-19(35)11-20(21)22)24-14-29-25(16(2)31-24)28-10-9-27-4/h7-8,11-14,27,35H,6,9-10,15H2,1-5H3,(H,28,29). The maximum Gasteiger partial charge on any atom is 0.254 e. The zero-order chi connectivity index (χ0) is 25.8. The maximum absolute atomic E-state index is 13.7. The van der Waals surface area contributed by atoms with E-state index in [9.17, 15) is 9.90 Å². The third kappa shape index (κ3) is 5.13. The number of pyridine rings is 1. The summed E-state index contributed by atoms with van der Waals surface area (Å²) in [5.74, 6) is 0.591. The molecule has 0 saturated heterocycles. The van der Waals surface area contributed by atoms with Crippen molar-refractivity contribution in [3.63, 3.8) is 0 Å². The van der Waals surface area contributed by atoms with Gasteiger partial charge in [0.25, 0.3) is 5.91 Å². The fraction of sp³-hybridized carbons (Fsp3) is 0.346. The fourth-order valence-corrected chi connectivity index (χ4v) is 4.10. The summed E-state index contributed by atoms with van der Waals surface area (Å²) >= 11 is 0. The molecule has 3 aromatic heterocycles. The molecular formula is C26H32N8O2. The quantitative estimate of drug-likeness (QED) is 0.307. The Morgan fingerprint density at radius 1 is 1.11 bits per heavy atom. The predicted molar refractivity (Wildman–Crippen MR) is 140 cm³/mol. The molecule has 188 valence electrons. The summed E-state index contributed by atoms with van der Waals surface area (Å²) < 4.78 is 1.91. The van der Waals surface area contributed by atoms with Crippen LogP contribution in [-0.2, 0) is 13.1 Å². The lowest BCUT2D eigenvalue weighted by Crippen LogP contribution is -2.27. The Labute approximate surface area is 210 Å². The van der Waals surface area contributed by atoms with E-state index < -0.39 is 0 Å². The average Bonchev–Trinajstić information content (AvgIpc) is 3.22. The van der Waals surface area contributed by atoms with E-state index in [-0.39, 0.29) is 11.7 Å². The molecule has 0 aliphatic rings. The fourth-order valence-electron chi connectivity index (χ4n) is 4.10. The Morgan fingerprint density at radius 3 is 2.61 bits per heavy atom. The van der Waals surface area contributed by atoms with Gasteiger partial charge in [-0.15, -0.1) is 0 Å². The van der Waals surface area contributed by atoms with Crippen LogP contribution in [0.15, 0.2) is 36.7 Å². The van der Waals surface area contributed by atoms with Gasteiger partial charge in [0.05, 0.1) is 34.9 Å². The zero-order valence-corrected chi connectivity index (χ0v) is 21.3. The van der Waals surface area contributed by atoms with Crippen LogP contribution in [0.25, 0.3) is 22.3 Å². The number of amides is 1. The second kappa shape index (κ2) is 10.7. The normalized spacial score (nSPS) is 11.1. The Hall–Kier alpha value is -4.05. The molecule has 0 unspecified atom stereocenters. The van der Waals surface area contributed by atoms with Crippen LogP contribution in [-0.4, -0.2) is 67.8 Å². The van der Waals surface area contributed by atoms with E-state index >= 15 is 0 Å². The van der Waals surface area contributed by atoms with Crippen LogP contribution < -0.4 is 10.6 Å². The van der Waals surface area contributed by atoms with Crippen molar-refractivity contribution < 1.29 is 9.90 Å². The number of hydrogen-bond acceptors (Lipinski definition) is 8. The third-order valence-electron chi connectivity index (χ3n) is 6.16. The maximum atomic E-state index is 13.7. The van der Waals surface area contributed by atoms with E-state index in [0.29, 0.717) is 40.2 Å². The average molecular weight is 489 g/mol. The number of rotatable bonds is 9. The number of carbonyl (C=O) groups excluding carboxylic acids is 1. The number of phenols is 1. The molecule has 0 fully saturated rings. The third-order valence-corrected chi connectivity index (χ3v) is 6.16. The lowest BCUT2D eigenvalue weighted by Gasteiger charge is -2.19. The lowest BCUT2D eigenvalue weighted by molar-refractivity contribution is 0.0787. The molecule has 0 bridgehead atoms. The summed E-state index contributed by atoms with van der Waals surface area (Å²) in [6.07, 6.45) is 3.46. The molecule has 4 rings (SSSR count). The highest BCUT2D eigenvalue weighted by atomic mass is 16.3. The SMILES string of the molecule is CCn1ncc(CN(C)C(=O)c2cc(-c3cnc(NCCNC)c(C)n3)nc3ccc(O)cc23)c1C. The van der Waals surface area contributed by atoms with E-state index in [0.717, 1.165) is 36.6 Å². The van der Waals surface area contributed by atoms with Gasteiger partial charge in [0.2, 0.25) is 0 Å². The number of benzene rings is 1. The van der Waals surface area contributed by atoms with Crippen molar-refractivity contribution in [2.45, 2.75) is 33.9 Å². The van der Waals surface area contributed by atoms with Crippen LogP contribution in [0.1, 0.15) is 34.2 Å². The second-order valence-corrected chi connectivity index (χ2v) is 8.71. The Balaban J connectivity index is 1.71. The van der Waals surface area contributed by atoms with Gasteiger partial charge in [-0.05, 0) is 52.1 Å². The first-order valence-corrected chi connectivity index (χ1v) is 11.9. The molecule has 1 aromatic carbocycles. The predicted octanol–water partition coefficient (Wildman–Crippen LogP) is 3.13. The highest BCUT2D eigenvalue weighted by molar-refractivity contribution is 6.07. The van der Waals surface area contributed by atoms with Crippen LogP contribution >= 0.6 is 0 Å². The molecule has 0 aliphatic carbocycles. The molecular weight excluding hydrogens is 456 g/mol. The van der Waals surface area contributed by atoms with Crippen molar-refractivity contribution in [1.29, 1.82) is 0 Å². The monoisotopic (exact) mass is 488 g/mol. The van der Waals surface area contributed by atoms with Crippen LogP contribution in [0.5, 0.6) is 5.75 Å². The number of aromatic hydroxyl groups is 1. The van der Waals surface area contributed by atoms with Gasteiger partial charge >= 0.3 is 0 Å². The minimum atomic E-state index is -0.187. The molecule has 0 saturated carbocycles. The summed E-state index contributed by atoms with van der Waals surface area (Å²) in [5.41, 5.74) is 4.89.